The monoisotopic (exact) mass is 390 g/mol. The van der Waals surface area contributed by atoms with Crippen LogP contribution in [-0.4, -0.2) is 40.8 Å². The van der Waals surface area contributed by atoms with Crippen LogP contribution in [0, 0.1) is 3.70 Å². The second-order valence-electron chi connectivity index (χ2n) is 4.29. The highest BCUT2D eigenvalue weighted by molar-refractivity contribution is 14.1. The topological polar surface area (TPSA) is 43.2 Å². The summed E-state index contributed by atoms with van der Waals surface area (Å²) in [6.07, 6.45) is 2.82. The van der Waals surface area contributed by atoms with E-state index in [2.05, 4.69) is 49.3 Å². The molecule has 1 saturated heterocycles. The zero-order valence-corrected chi connectivity index (χ0v) is 13.6. The molecule has 0 bridgehead atoms. The summed E-state index contributed by atoms with van der Waals surface area (Å²) in [6.45, 7) is 5.57. The molecule has 0 amide bonds. The second kappa shape index (κ2) is 5.76. The fourth-order valence-electron chi connectivity index (χ4n) is 2.13. The minimum absolute atomic E-state index is 0.790. The van der Waals surface area contributed by atoms with Gasteiger partial charge in [0, 0.05) is 18.5 Å². The number of aromatic nitrogens is 3. The molecule has 2 aromatic heterocycles. The molecule has 3 heterocycles. The molecular weight excluding hydrogens is 375 g/mol. The van der Waals surface area contributed by atoms with E-state index in [0.717, 1.165) is 47.4 Å². The summed E-state index contributed by atoms with van der Waals surface area (Å²) in [5.41, 5.74) is 1.22. The largest absolute Gasteiger partial charge is 0.378 e. The van der Waals surface area contributed by atoms with Gasteiger partial charge in [-0.2, -0.15) is 0 Å². The van der Waals surface area contributed by atoms with E-state index in [1.54, 1.807) is 11.3 Å². The van der Waals surface area contributed by atoms with E-state index in [0.29, 0.717) is 0 Å². The number of hydrogen-bond donors (Lipinski definition) is 0. The average Bonchev–Trinajstić information content (AvgIpc) is 3.06. The van der Waals surface area contributed by atoms with Crippen LogP contribution in [0.2, 0.25) is 0 Å². The fraction of sp³-hybridized carbons (Fsp3) is 0.500. The van der Waals surface area contributed by atoms with Gasteiger partial charge in [-0.3, -0.25) is 4.57 Å². The maximum absolute atomic E-state index is 5.37. The number of hydrogen-bond acceptors (Lipinski definition) is 5. The van der Waals surface area contributed by atoms with E-state index in [-0.39, 0.29) is 0 Å². The van der Waals surface area contributed by atoms with E-state index < -0.39 is 0 Å². The first-order chi connectivity index (χ1) is 9.29. The molecule has 3 rings (SSSR count). The Balaban J connectivity index is 1.87. The van der Waals surface area contributed by atoms with Crippen LogP contribution in [0.4, 0.5) is 5.13 Å². The van der Waals surface area contributed by atoms with Crippen molar-refractivity contribution in [1.29, 1.82) is 0 Å². The highest BCUT2D eigenvalue weighted by Gasteiger charge is 2.16. The summed E-state index contributed by atoms with van der Waals surface area (Å²) in [4.78, 5) is 11.4. The average molecular weight is 390 g/mol. The number of thiazole rings is 1. The van der Waals surface area contributed by atoms with Crippen molar-refractivity contribution in [2.45, 2.75) is 13.3 Å². The van der Waals surface area contributed by atoms with Gasteiger partial charge in [0.1, 0.15) is 10.0 Å². The number of ether oxygens (including phenoxy) is 1. The smallest absolute Gasteiger partial charge is 0.187 e. The number of imidazole rings is 1. The maximum Gasteiger partial charge on any atom is 0.187 e. The van der Waals surface area contributed by atoms with Crippen LogP contribution in [0.15, 0.2) is 11.7 Å². The van der Waals surface area contributed by atoms with Crippen molar-refractivity contribution in [2.24, 2.45) is 0 Å². The molecule has 0 unspecified atom stereocenters. The van der Waals surface area contributed by atoms with Crippen molar-refractivity contribution < 1.29 is 4.74 Å². The van der Waals surface area contributed by atoms with Gasteiger partial charge >= 0.3 is 0 Å². The Hall–Kier alpha value is -0.670. The van der Waals surface area contributed by atoms with Crippen LogP contribution in [0.1, 0.15) is 12.6 Å². The van der Waals surface area contributed by atoms with E-state index >= 15 is 0 Å². The molecule has 2 aromatic rings. The van der Waals surface area contributed by atoms with Gasteiger partial charge in [-0.25, -0.2) is 9.97 Å². The third kappa shape index (κ3) is 2.63. The Morgan fingerprint density at radius 2 is 2.21 bits per heavy atom. The number of halogens is 1. The summed E-state index contributed by atoms with van der Waals surface area (Å²) in [6, 6.07) is 0. The minimum atomic E-state index is 0.790. The fourth-order valence-corrected chi connectivity index (χ4v) is 3.75. The number of rotatable bonds is 3. The Morgan fingerprint density at radius 3 is 2.95 bits per heavy atom. The standard InChI is InChI=1S/C12H15IN4OS/c1-2-9-11(13)14-8-17(9)10-7-19-12(15-10)16-3-5-18-6-4-16/h7-8H,2-6H2,1H3. The van der Waals surface area contributed by atoms with Gasteiger partial charge in [0.2, 0.25) is 0 Å². The molecule has 7 heteroatoms. The molecule has 1 aliphatic rings. The quantitative estimate of drug-likeness (QED) is 0.755. The third-order valence-electron chi connectivity index (χ3n) is 3.16. The molecule has 5 nitrogen and oxygen atoms in total. The molecular formula is C12H15IN4OS. The van der Waals surface area contributed by atoms with Gasteiger partial charge < -0.3 is 9.64 Å². The van der Waals surface area contributed by atoms with Crippen LogP contribution in [0.3, 0.4) is 0 Å². The lowest BCUT2D eigenvalue weighted by Crippen LogP contribution is -2.36. The SMILES string of the molecule is CCc1c(I)ncn1-c1csc(N2CCOCC2)n1. The van der Waals surface area contributed by atoms with Crippen molar-refractivity contribution in [3.05, 3.63) is 21.1 Å². The van der Waals surface area contributed by atoms with Crippen LogP contribution in [0.5, 0.6) is 0 Å². The molecule has 0 aliphatic carbocycles. The van der Waals surface area contributed by atoms with Crippen LogP contribution < -0.4 is 4.90 Å². The number of morpholine rings is 1. The summed E-state index contributed by atoms with van der Waals surface area (Å²) in [5, 5.41) is 3.17. The van der Waals surface area contributed by atoms with Crippen molar-refractivity contribution in [3.63, 3.8) is 0 Å². The normalized spacial score (nSPS) is 16.0. The zero-order chi connectivity index (χ0) is 13.2. The van der Waals surface area contributed by atoms with Crippen LogP contribution in [0.25, 0.3) is 5.82 Å². The Morgan fingerprint density at radius 1 is 1.42 bits per heavy atom. The lowest BCUT2D eigenvalue weighted by molar-refractivity contribution is 0.122. The summed E-state index contributed by atoms with van der Waals surface area (Å²) in [7, 11) is 0. The molecule has 0 saturated carbocycles. The van der Waals surface area contributed by atoms with Crippen molar-refractivity contribution in [1.82, 2.24) is 14.5 Å². The summed E-state index contributed by atoms with van der Waals surface area (Å²) >= 11 is 3.96. The van der Waals surface area contributed by atoms with Gasteiger partial charge in [0.25, 0.3) is 0 Å². The summed E-state index contributed by atoms with van der Waals surface area (Å²) in [5.74, 6) is 0.971. The lowest BCUT2D eigenvalue weighted by atomic mass is 10.3. The predicted octanol–water partition coefficient (Wildman–Crippen LogP) is 2.33. The van der Waals surface area contributed by atoms with E-state index in [1.165, 1.54) is 5.69 Å². The van der Waals surface area contributed by atoms with Crippen molar-refractivity contribution >= 4 is 39.1 Å². The predicted molar refractivity (Wildman–Crippen MR) is 84.4 cm³/mol. The maximum atomic E-state index is 5.37. The van der Waals surface area contributed by atoms with Gasteiger partial charge in [0.05, 0.1) is 18.9 Å². The van der Waals surface area contributed by atoms with Gasteiger partial charge in [-0.05, 0) is 29.0 Å². The molecule has 0 radical (unpaired) electrons. The Kier molecular flexibility index (Phi) is 4.04. The van der Waals surface area contributed by atoms with Crippen LogP contribution >= 0.6 is 33.9 Å². The Bertz CT molecular complexity index is 562. The first kappa shape index (κ1) is 13.3. The molecule has 0 spiro atoms. The molecule has 0 N–H and O–H groups in total. The van der Waals surface area contributed by atoms with Crippen molar-refractivity contribution in [3.8, 4) is 5.82 Å². The van der Waals surface area contributed by atoms with E-state index in [4.69, 9.17) is 9.72 Å². The Labute approximate surface area is 129 Å². The van der Waals surface area contributed by atoms with Gasteiger partial charge in [-0.1, -0.05) is 6.92 Å². The first-order valence-corrected chi connectivity index (χ1v) is 8.25. The first-order valence-electron chi connectivity index (χ1n) is 6.30. The van der Waals surface area contributed by atoms with E-state index in [1.807, 2.05) is 6.33 Å². The molecule has 1 fully saturated rings. The molecule has 1 aliphatic heterocycles. The molecule has 0 atom stereocenters. The van der Waals surface area contributed by atoms with Gasteiger partial charge in [-0.15, -0.1) is 11.3 Å². The molecule has 19 heavy (non-hydrogen) atoms. The molecule has 0 aromatic carbocycles. The second-order valence-corrected chi connectivity index (χ2v) is 6.15. The summed E-state index contributed by atoms with van der Waals surface area (Å²) < 4.78 is 8.51. The number of anilines is 1. The van der Waals surface area contributed by atoms with Crippen LogP contribution in [-0.2, 0) is 11.2 Å². The zero-order valence-electron chi connectivity index (χ0n) is 10.7. The highest BCUT2D eigenvalue weighted by atomic mass is 127. The highest BCUT2D eigenvalue weighted by Crippen LogP contribution is 2.25. The minimum Gasteiger partial charge on any atom is -0.378 e. The van der Waals surface area contributed by atoms with Gasteiger partial charge in [0.15, 0.2) is 10.9 Å². The molecule has 102 valence electrons. The van der Waals surface area contributed by atoms with E-state index in [9.17, 15) is 0 Å². The lowest BCUT2D eigenvalue weighted by Gasteiger charge is -2.25. The number of nitrogens with zero attached hydrogens (tertiary/aromatic N) is 4. The third-order valence-corrected chi connectivity index (χ3v) is 4.95. The van der Waals surface area contributed by atoms with Crippen molar-refractivity contribution in [2.75, 3.05) is 31.2 Å².